The SMILES string of the molecule is CCC(C)(C)C1CCC(O)(CCN)CC1. The minimum absolute atomic E-state index is 0.435. The Morgan fingerprint density at radius 3 is 2.27 bits per heavy atom. The Morgan fingerprint density at radius 2 is 1.87 bits per heavy atom. The molecule has 1 saturated carbocycles. The molecule has 0 aliphatic heterocycles. The van der Waals surface area contributed by atoms with Gasteiger partial charge in [-0.25, -0.2) is 0 Å². The van der Waals surface area contributed by atoms with Gasteiger partial charge in [0.15, 0.2) is 0 Å². The lowest BCUT2D eigenvalue weighted by molar-refractivity contribution is -0.0322. The zero-order valence-corrected chi connectivity index (χ0v) is 10.6. The fourth-order valence-corrected chi connectivity index (χ4v) is 2.74. The molecule has 0 unspecified atom stereocenters. The topological polar surface area (TPSA) is 46.2 Å². The van der Waals surface area contributed by atoms with Gasteiger partial charge in [-0.15, -0.1) is 0 Å². The maximum absolute atomic E-state index is 10.2. The number of rotatable bonds is 4. The van der Waals surface area contributed by atoms with Crippen molar-refractivity contribution in [2.45, 2.75) is 64.9 Å². The van der Waals surface area contributed by atoms with Crippen LogP contribution in [0.4, 0.5) is 0 Å². The Bertz CT molecular complexity index is 193. The molecule has 2 heteroatoms. The molecule has 90 valence electrons. The molecule has 2 nitrogen and oxygen atoms in total. The van der Waals surface area contributed by atoms with Gasteiger partial charge in [0, 0.05) is 0 Å². The first-order valence-electron chi connectivity index (χ1n) is 6.36. The van der Waals surface area contributed by atoms with Crippen molar-refractivity contribution in [1.82, 2.24) is 0 Å². The van der Waals surface area contributed by atoms with Gasteiger partial charge in [0.05, 0.1) is 5.60 Å². The van der Waals surface area contributed by atoms with E-state index in [0.717, 1.165) is 38.0 Å². The third kappa shape index (κ3) is 3.18. The maximum Gasteiger partial charge on any atom is 0.0660 e. The normalized spacial score (nSPS) is 33.0. The van der Waals surface area contributed by atoms with Gasteiger partial charge in [-0.05, 0) is 50.0 Å². The van der Waals surface area contributed by atoms with Crippen molar-refractivity contribution in [2.24, 2.45) is 17.1 Å². The van der Waals surface area contributed by atoms with Crippen molar-refractivity contribution < 1.29 is 5.11 Å². The molecule has 0 amide bonds. The number of hydrogen-bond donors (Lipinski definition) is 2. The molecule has 1 rings (SSSR count). The van der Waals surface area contributed by atoms with Crippen molar-refractivity contribution in [3.05, 3.63) is 0 Å². The van der Waals surface area contributed by atoms with Gasteiger partial charge in [0.2, 0.25) is 0 Å². The van der Waals surface area contributed by atoms with E-state index >= 15 is 0 Å². The Labute approximate surface area is 94.2 Å². The van der Waals surface area contributed by atoms with E-state index in [0.29, 0.717) is 12.0 Å². The lowest BCUT2D eigenvalue weighted by Gasteiger charge is -2.42. The van der Waals surface area contributed by atoms with Gasteiger partial charge >= 0.3 is 0 Å². The molecule has 0 saturated heterocycles. The molecule has 0 radical (unpaired) electrons. The standard InChI is InChI=1S/C13H27NO/c1-4-12(2,3)11-5-7-13(15,8-6-11)9-10-14/h11,15H,4-10,14H2,1-3H3. The highest BCUT2D eigenvalue weighted by atomic mass is 16.3. The van der Waals surface area contributed by atoms with Gasteiger partial charge in [0.25, 0.3) is 0 Å². The van der Waals surface area contributed by atoms with Crippen molar-refractivity contribution in [1.29, 1.82) is 0 Å². The average molecular weight is 213 g/mol. The fourth-order valence-electron chi connectivity index (χ4n) is 2.74. The molecule has 1 fully saturated rings. The zero-order chi connectivity index (χ0) is 11.5. The molecule has 0 heterocycles. The summed E-state index contributed by atoms with van der Waals surface area (Å²) in [6, 6.07) is 0. The summed E-state index contributed by atoms with van der Waals surface area (Å²) in [5.41, 5.74) is 5.52. The molecule has 0 aromatic carbocycles. The fraction of sp³-hybridized carbons (Fsp3) is 1.00. The van der Waals surface area contributed by atoms with E-state index in [1.807, 2.05) is 0 Å². The predicted molar refractivity (Wildman–Crippen MR) is 64.7 cm³/mol. The van der Waals surface area contributed by atoms with E-state index in [1.54, 1.807) is 0 Å². The first-order valence-corrected chi connectivity index (χ1v) is 6.36. The Balaban J connectivity index is 2.48. The Kier molecular flexibility index (Phi) is 4.19. The van der Waals surface area contributed by atoms with Gasteiger partial charge in [-0.2, -0.15) is 0 Å². The Hall–Kier alpha value is -0.0800. The molecule has 0 aromatic rings. The van der Waals surface area contributed by atoms with Crippen LogP contribution in [0.1, 0.15) is 59.3 Å². The summed E-state index contributed by atoms with van der Waals surface area (Å²) in [5, 5.41) is 10.2. The van der Waals surface area contributed by atoms with Crippen LogP contribution in [0.15, 0.2) is 0 Å². The summed E-state index contributed by atoms with van der Waals surface area (Å²) < 4.78 is 0. The number of aliphatic hydroxyl groups is 1. The van der Waals surface area contributed by atoms with E-state index in [1.165, 1.54) is 6.42 Å². The second-order valence-electron chi connectivity index (χ2n) is 5.88. The summed E-state index contributed by atoms with van der Waals surface area (Å²) >= 11 is 0. The molecule has 0 aromatic heterocycles. The molecule has 0 atom stereocenters. The quantitative estimate of drug-likeness (QED) is 0.754. The van der Waals surface area contributed by atoms with Crippen molar-refractivity contribution in [3.8, 4) is 0 Å². The first-order chi connectivity index (χ1) is 6.93. The summed E-state index contributed by atoms with van der Waals surface area (Å²) in [4.78, 5) is 0. The van der Waals surface area contributed by atoms with Crippen LogP contribution in [-0.4, -0.2) is 17.3 Å². The van der Waals surface area contributed by atoms with Gasteiger partial charge in [-0.3, -0.25) is 0 Å². The van der Waals surface area contributed by atoms with Crippen LogP contribution >= 0.6 is 0 Å². The highest BCUT2D eigenvalue weighted by molar-refractivity contribution is 4.90. The largest absolute Gasteiger partial charge is 0.390 e. The van der Waals surface area contributed by atoms with Gasteiger partial charge < -0.3 is 10.8 Å². The summed E-state index contributed by atoms with van der Waals surface area (Å²) in [5.74, 6) is 0.778. The second-order valence-corrected chi connectivity index (χ2v) is 5.88. The molecule has 0 bridgehead atoms. The second kappa shape index (κ2) is 4.84. The molecular formula is C13H27NO. The third-order valence-corrected chi connectivity index (χ3v) is 4.54. The van der Waals surface area contributed by atoms with E-state index < -0.39 is 5.60 Å². The maximum atomic E-state index is 10.2. The Morgan fingerprint density at radius 1 is 1.33 bits per heavy atom. The van der Waals surface area contributed by atoms with Crippen LogP contribution in [0.25, 0.3) is 0 Å². The van der Waals surface area contributed by atoms with E-state index in [4.69, 9.17) is 5.73 Å². The first kappa shape index (κ1) is 13.0. The van der Waals surface area contributed by atoms with Crippen molar-refractivity contribution >= 4 is 0 Å². The van der Waals surface area contributed by atoms with Crippen LogP contribution in [0.5, 0.6) is 0 Å². The van der Waals surface area contributed by atoms with E-state index in [-0.39, 0.29) is 0 Å². The highest BCUT2D eigenvalue weighted by Crippen LogP contribution is 2.44. The van der Waals surface area contributed by atoms with Crippen molar-refractivity contribution in [3.63, 3.8) is 0 Å². The molecular weight excluding hydrogens is 186 g/mol. The lowest BCUT2D eigenvalue weighted by atomic mass is 9.66. The number of nitrogens with two attached hydrogens (primary N) is 1. The number of hydrogen-bond acceptors (Lipinski definition) is 2. The van der Waals surface area contributed by atoms with Crippen LogP contribution in [-0.2, 0) is 0 Å². The molecule has 15 heavy (non-hydrogen) atoms. The van der Waals surface area contributed by atoms with Crippen LogP contribution in [0, 0.1) is 11.3 Å². The van der Waals surface area contributed by atoms with Crippen LogP contribution in [0.2, 0.25) is 0 Å². The summed E-state index contributed by atoms with van der Waals surface area (Å²) in [6.45, 7) is 7.58. The molecule has 1 aliphatic carbocycles. The van der Waals surface area contributed by atoms with Gasteiger partial charge in [0.1, 0.15) is 0 Å². The van der Waals surface area contributed by atoms with Crippen molar-refractivity contribution in [2.75, 3.05) is 6.54 Å². The summed E-state index contributed by atoms with van der Waals surface area (Å²) in [6.07, 6.45) is 6.21. The molecule has 3 N–H and O–H groups in total. The third-order valence-electron chi connectivity index (χ3n) is 4.54. The smallest absolute Gasteiger partial charge is 0.0660 e. The molecule has 0 spiro atoms. The highest BCUT2D eigenvalue weighted by Gasteiger charge is 2.37. The molecule has 1 aliphatic rings. The van der Waals surface area contributed by atoms with Crippen LogP contribution < -0.4 is 5.73 Å². The minimum Gasteiger partial charge on any atom is -0.390 e. The van der Waals surface area contributed by atoms with E-state index in [2.05, 4.69) is 20.8 Å². The minimum atomic E-state index is -0.449. The summed E-state index contributed by atoms with van der Waals surface area (Å²) in [7, 11) is 0. The van der Waals surface area contributed by atoms with E-state index in [9.17, 15) is 5.11 Å². The van der Waals surface area contributed by atoms with Gasteiger partial charge in [-0.1, -0.05) is 27.2 Å². The van der Waals surface area contributed by atoms with Crippen LogP contribution in [0.3, 0.4) is 0 Å². The zero-order valence-electron chi connectivity index (χ0n) is 10.6. The average Bonchev–Trinajstić information content (AvgIpc) is 2.18. The monoisotopic (exact) mass is 213 g/mol. The lowest BCUT2D eigenvalue weighted by Crippen LogP contribution is -2.39. The predicted octanol–water partition coefficient (Wildman–Crippen LogP) is 2.69.